The summed E-state index contributed by atoms with van der Waals surface area (Å²) in [5, 5.41) is 2.55. The van der Waals surface area contributed by atoms with Crippen molar-refractivity contribution in [2.24, 2.45) is 0 Å². The Balaban J connectivity index is 2.39. The Labute approximate surface area is 151 Å². The minimum absolute atomic E-state index is 0.212. The van der Waals surface area contributed by atoms with Crippen LogP contribution in [0.1, 0.15) is 51.9 Å². The number of alkyl halides is 3. The van der Waals surface area contributed by atoms with Gasteiger partial charge in [-0.2, -0.15) is 0 Å². The molecule has 1 aromatic carbocycles. The molecular formula is C17H23BF3NO4. The lowest BCUT2D eigenvalue weighted by atomic mass is 9.78. The van der Waals surface area contributed by atoms with E-state index in [1.54, 1.807) is 13.8 Å². The fraction of sp³-hybridized carbons (Fsp3) is 0.588. The number of carbonyl (C=O) groups excluding carboxylic acids is 1. The Morgan fingerprint density at radius 2 is 1.69 bits per heavy atom. The Morgan fingerprint density at radius 1 is 1.15 bits per heavy atom. The number of hydrogen-bond donors (Lipinski definition) is 1. The molecule has 1 amide bonds. The van der Waals surface area contributed by atoms with Crippen molar-refractivity contribution >= 4 is 18.5 Å². The highest BCUT2D eigenvalue weighted by Crippen LogP contribution is 2.37. The van der Waals surface area contributed by atoms with E-state index in [-0.39, 0.29) is 11.6 Å². The molecule has 0 aliphatic carbocycles. The molecule has 26 heavy (non-hydrogen) atoms. The first-order chi connectivity index (χ1) is 11.7. The summed E-state index contributed by atoms with van der Waals surface area (Å²) >= 11 is 0. The molecule has 1 N–H and O–H groups in total. The fourth-order valence-electron chi connectivity index (χ4n) is 2.40. The SMILES string of the molecule is CC(C)NC(=O)c1ccc(B2OC(C)(C)C(C)(C)O2)cc1OC(F)(F)F. The normalized spacial score (nSPS) is 18.9. The first kappa shape index (κ1) is 20.6. The second kappa shape index (κ2) is 6.77. The lowest BCUT2D eigenvalue weighted by Crippen LogP contribution is -2.41. The molecule has 0 saturated carbocycles. The second-order valence-corrected chi connectivity index (χ2v) is 7.52. The molecule has 5 nitrogen and oxygen atoms in total. The van der Waals surface area contributed by atoms with Gasteiger partial charge in [0, 0.05) is 6.04 Å². The number of nitrogens with one attached hydrogen (secondary N) is 1. The van der Waals surface area contributed by atoms with E-state index in [9.17, 15) is 18.0 Å². The molecule has 0 aromatic heterocycles. The van der Waals surface area contributed by atoms with Crippen LogP contribution in [0.2, 0.25) is 0 Å². The van der Waals surface area contributed by atoms with Crippen molar-refractivity contribution in [1.29, 1.82) is 0 Å². The number of carbonyl (C=O) groups is 1. The Morgan fingerprint density at radius 3 is 2.15 bits per heavy atom. The van der Waals surface area contributed by atoms with Gasteiger partial charge in [0.05, 0.1) is 16.8 Å². The molecule has 1 aromatic rings. The highest BCUT2D eigenvalue weighted by molar-refractivity contribution is 6.62. The van der Waals surface area contributed by atoms with Gasteiger partial charge in [-0.15, -0.1) is 13.2 Å². The van der Waals surface area contributed by atoms with Crippen LogP contribution >= 0.6 is 0 Å². The summed E-state index contributed by atoms with van der Waals surface area (Å²) in [5.41, 5.74) is -1.16. The highest BCUT2D eigenvalue weighted by atomic mass is 19.4. The van der Waals surface area contributed by atoms with Gasteiger partial charge < -0.3 is 19.4 Å². The lowest BCUT2D eigenvalue weighted by molar-refractivity contribution is -0.274. The topological polar surface area (TPSA) is 56.8 Å². The van der Waals surface area contributed by atoms with E-state index >= 15 is 0 Å². The Hall–Kier alpha value is -1.74. The summed E-state index contributed by atoms with van der Waals surface area (Å²) in [4.78, 5) is 12.2. The smallest absolute Gasteiger partial charge is 0.405 e. The third-order valence-corrected chi connectivity index (χ3v) is 4.42. The quantitative estimate of drug-likeness (QED) is 0.825. The summed E-state index contributed by atoms with van der Waals surface area (Å²) < 4.78 is 54.1. The van der Waals surface area contributed by atoms with Crippen LogP contribution in [-0.2, 0) is 9.31 Å². The van der Waals surface area contributed by atoms with E-state index in [2.05, 4.69) is 10.1 Å². The molecular weight excluding hydrogens is 350 g/mol. The van der Waals surface area contributed by atoms with Crippen molar-refractivity contribution in [3.63, 3.8) is 0 Å². The van der Waals surface area contributed by atoms with Crippen LogP contribution in [0.5, 0.6) is 5.75 Å². The van der Waals surface area contributed by atoms with Crippen molar-refractivity contribution in [2.75, 3.05) is 0 Å². The van der Waals surface area contributed by atoms with Gasteiger partial charge in [0.1, 0.15) is 5.75 Å². The van der Waals surface area contributed by atoms with E-state index < -0.39 is 36.3 Å². The van der Waals surface area contributed by atoms with Gasteiger partial charge in [0.2, 0.25) is 0 Å². The molecule has 0 bridgehead atoms. The summed E-state index contributed by atoms with van der Waals surface area (Å²) in [6.45, 7) is 10.8. The zero-order chi connectivity index (χ0) is 19.9. The van der Waals surface area contributed by atoms with Gasteiger partial charge in [-0.1, -0.05) is 6.07 Å². The van der Waals surface area contributed by atoms with E-state index in [1.165, 1.54) is 12.1 Å². The molecule has 9 heteroatoms. The first-order valence-electron chi connectivity index (χ1n) is 8.28. The van der Waals surface area contributed by atoms with Gasteiger partial charge in [-0.3, -0.25) is 4.79 Å². The number of amides is 1. The van der Waals surface area contributed by atoms with Crippen molar-refractivity contribution in [1.82, 2.24) is 5.32 Å². The summed E-state index contributed by atoms with van der Waals surface area (Å²) in [5.74, 6) is -1.25. The van der Waals surface area contributed by atoms with Crippen LogP contribution in [0.15, 0.2) is 18.2 Å². The van der Waals surface area contributed by atoms with Crippen molar-refractivity contribution in [3.8, 4) is 5.75 Å². The van der Waals surface area contributed by atoms with Crippen molar-refractivity contribution in [2.45, 2.75) is 65.1 Å². The molecule has 0 spiro atoms. The predicted octanol–water partition coefficient (Wildman–Crippen LogP) is 3.02. The zero-order valence-electron chi connectivity index (χ0n) is 15.7. The number of halogens is 3. The van der Waals surface area contributed by atoms with Gasteiger partial charge in [0.15, 0.2) is 0 Å². The third-order valence-electron chi connectivity index (χ3n) is 4.42. The van der Waals surface area contributed by atoms with Crippen LogP contribution in [0, 0.1) is 0 Å². The summed E-state index contributed by atoms with van der Waals surface area (Å²) in [7, 11) is -0.863. The zero-order valence-corrected chi connectivity index (χ0v) is 15.7. The molecule has 0 unspecified atom stereocenters. The molecule has 144 valence electrons. The van der Waals surface area contributed by atoms with Gasteiger partial charge in [0.25, 0.3) is 5.91 Å². The molecule has 1 fully saturated rings. The van der Waals surface area contributed by atoms with Crippen molar-refractivity contribution < 1.29 is 32.0 Å². The van der Waals surface area contributed by atoms with E-state index in [0.29, 0.717) is 5.46 Å². The van der Waals surface area contributed by atoms with Crippen LogP contribution in [-0.4, -0.2) is 36.6 Å². The second-order valence-electron chi connectivity index (χ2n) is 7.52. The number of hydrogen-bond acceptors (Lipinski definition) is 4. The number of ether oxygens (including phenoxy) is 1. The molecule has 0 radical (unpaired) electrons. The number of rotatable bonds is 4. The van der Waals surface area contributed by atoms with E-state index in [1.807, 2.05) is 27.7 Å². The average Bonchev–Trinajstić information content (AvgIpc) is 2.64. The van der Waals surface area contributed by atoms with Gasteiger partial charge in [-0.25, -0.2) is 0 Å². The molecule has 2 rings (SSSR count). The average molecular weight is 373 g/mol. The molecule has 1 heterocycles. The monoisotopic (exact) mass is 373 g/mol. The van der Waals surface area contributed by atoms with Crippen LogP contribution in [0.3, 0.4) is 0 Å². The third kappa shape index (κ3) is 4.51. The van der Waals surface area contributed by atoms with Crippen LogP contribution < -0.4 is 15.5 Å². The van der Waals surface area contributed by atoms with Gasteiger partial charge >= 0.3 is 13.5 Å². The van der Waals surface area contributed by atoms with E-state index in [0.717, 1.165) is 6.07 Å². The maximum Gasteiger partial charge on any atom is 0.573 e. The first-order valence-corrected chi connectivity index (χ1v) is 8.28. The molecule has 1 aliphatic rings. The standard InChI is InChI=1S/C17H23BF3NO4/c1-10(2)22-14(23)12-8-7-11(9-13(12)24-17(19,20)21)18-25-15(3,4)16(5,6)26-18/h7-10H,1-6H3,(H,22,23). The van der Waals surface area contributed by atoms with Crippen LogP contribution in [0.4, 0.5) is 13.2 Å². The maximum atomic E-state index is 12.8. The minimum atomic E-state index is -4.93. The summed E-state index contributed by atoms with van der Waals surface area (Å²) in [6, 6.07) is 3.68. The lowest BCUT2D eigenvalue weighted by Gasteiger charge is -2.32. The summed E-state index contributed by atoms with van der Waals surface area (Å²) in [6.07, 6.45) is -4.93. The van der Waals surface area contributed by atoms with Gasteiger partial charge in [-0.05, 0) is 59.1 Å². The Kier molecular flexibility index (Phi) is 5.36. The molecule has 1 saturated heterocycles. The number of benzene rings is 1. The Bertz CT molecular complexity index is 673. The largest absolute Gasteiger partial charge is 0.573 e. The highest BCUT2D eigenvalue weighted by Gasteiger charge is 2.52. The fourth-order valence-corrected chi connectivity index (χ4v) is 2.40. The molecule has 0 atom stereocenters. The maximum absolute atomic E-state index is 12.8. The van der Waals surface area contributed by atoms with Crippen LogP contribution in [0.25, 0.3) is 0 Å². The molecule has 1 aliphatic heterocycles. The van der Waals surface area contributed by atoms with Crippen molar-refractivity contribution in [3.05, 3.63) is 23.8 Å². The predicted molar refractivity (Wildman–Crippen MR) is 91.4 cm³/mol. The van der Waals surface area contributed by atoms with E-state index in [4.69, 9.17) is 9.31 Å². The minimum Gasteiger partial charge on any atom is -0.405 e.